The van der Waals surface area contributed by atoms with E-state index in [4.69, 9.17) is 0 Å². The highest BCUT2D eigenvalue weighted by atomic mass is 16.1. The number of unbranched alkanes of at least 4 members (excludes halogenated alkanes) is 3. The van der Waals surface area contributed by atoms with Gasteiger partial charge in [0.1, 0.15) is 0 Å². The molecule has 0 aromatic carbocycles. The summed E-state index contributed by atoms with van der Waals surface area (Å²) in [5, 5.41) is 13.7. The Bertz CT molecular complexity index is 386. The van der Waals surface area contributed by atoms with Crippen LogP contribution in [0.3, 0.4) is 0 Å². The van der Waals surface area contributed by atoms with Crippen LogP contribution in [-0.2, 0) is 4.79 Å². The minimum absolute atomic E-state index is 0. The van der Waals surface area contributed by atoms with Crippen LogP contribution < -0.4 is 21.3 Å². The second-order valence-electron chi connectivity index (χ2n) is 9.31. The third-order valence-electron chi connectivity index (χ3n) is 6.34. The van der Waals surface area contributed by atoms with Gasteiger partial charge in [-0.1, -0.05) is 67.2 Å². The minimum Gasteiger partial charge on any atom is -0.356 e. The lowest BCUT2D eigenvalue weighted by Crippen LogP contribution is -2.32. The lowest BCUT2D eigenvalue weighted by molar-refractivity contribution is -0.124. The Hall–Kier alpha value is -0.650. The molecule has 1 unspecified atom stereocenters. The normalized spacial score (nSPS) is 14.7. The summed E-state index contributed by atoms with van der Waals surface area (Å²) in [6.07, 6.45) is 16.4. The molecule has 0 aromatic rings. The van der Waals surface area contributed by atoms with E-state index in [1.165, 1.54) is 70.8 Å². The molecule has 0 spiro atoms. The molecule has 0 bridgehead atoms. The minimum atomic E-state index is 0. The SMILES string of the molecule is C.CC.CCCCNCCCCNCCCNC(=O)C(C)CCCCNCC1CCCCC1. The summed E-state index contributed by atoms with van der Waals surface area (Å²) in [7, 11) is 0. The van der Waals surface area contributed by atoms with Crippen LogP contribution in [0.25, 0.3) is 0 Å². The van der Waals surface area contributed by atoms with Gasteiger partial charge in [0, 0.05) is 12.5 Å². The third kappa shape index (κ3) is 22.9. The number of carbonyl (C=O) groups excluding carboxylic acids is 1. The Morgan fingerprint density at radius 2 is 1.30 bits per heavy atom. The van der Waals surface area contributed by atoms with Crippen molar-refractivity contribution in [2.45, 2.75) is 119 Å². The molecule has 33 heavy (non-hydrogen) atoms. The average molecular weight is 471 g/mol. The molecular formula is C28H62N4O. The van der Waals surface area contributed by atoms with E-state index in [1.807, 2.05) is 13.8 Å². The predicted molar refractivity (Wildman–Crippen MR) is 148 cm³/mol. The maximum Gasteiger partial charge on any atom is 0.222 e. The van der Waals surface area contributed by atoms with E-state index >= 15 is 0 Å². The summed E-state index contributed by atoms with van der Waals surface area (Å²) in [6, 6.07) is 0. The number of carbonyl (C=O) groups is 1. The summed E-state index contributed by atoms with van der Waals surface area (Å²) in [6.45, 7) is 15.7. The average Bonchev–Trinajstić information content (AvgIpc) is 2.83. The Labute approximate surface area is 208 Å². The number of rotatable bonds is 20. The smallest absolute Gasteiger partial charge is 0.222 e. The van der Waals surface area contributed by atoms with Crippen LogP contribution in [0.4, 0.5) is 0 Å². The van der Waals surface area contributed by atoms with Gasteiger partial charge in [-0.3, -0.25) is 4.79 Å². The maximum absolute atomic E-state index is 12.2. The van der Waals surface area contributed by atoms with Gasteiger partial charge >= 0.3 is 0 Å². The number of amides is 1. The maximum atomic E-state index is 12.2. The van der Waals surface area contributed by atoms with Crippen LogP contribution in [0, 0.1) is 11.8 Å². The molecule has 1 aliphatic rings. The van der Waals surface area contributed by atoms with Crippen LogP contribution in [0.15, 0.2) is 0 Å². The van der Waals surface area contributed by atoms with Crippen molar-refractivity contribution >= 4 is 5.91 Å². The third-order valence-corrected chi connectivity index (χ3v) is 6.34. The molecule has 4 N–H and O–H groups in total. The predicted octanol–water partition coefficient (Wildman–Crippen LogP) is 5.89. The summed E-state index contributed by atoms with van der Waals surface area (Å²) < 4.78 is 0. The van der Waals surface area contributed by atoms with E-state index in [1.54, 1.807) is 0 Å². The number of hydrogen-bond acceptors (Lipinski definition) is 4. The highest BCUT2D eigenvalue weighted by Gasteiger charge is 2.13. The Balaban J connectivity index is 0. The Kier molecular flexibility index (Phi) is 28.9. The molecule has 1 fully saturated rings. The van der Waals surface area contributed by atoms with Crippen molar-refractivity contribution in [1.82, 2.24) is 21.3 Å². The first kappa shape index (κ1) is 34.5. The summed E-state index contributed by atoms with van der Waals surface area (Å²) in [5.41, 5.74) is 0. The molecule has 1 aliphatic carbocycles. The highest BCUT2D eigenvalue weighted by molar-refractivity contribution is 5.78. The molecule has 0 aliphatic heterocycles. The van der Waals surface area contributed by atoms with Crippen molar-refractivity contribution in [2.24, 2.45) is 11.8 Å². The van der Waals surface area contributed by atoms with E-state index < -0.39 is 0 Å². The van der Waals surface area contributed by atoms with Gasteiger partial charge in [-0.25, -0.2) is 0 Å². The standard InChI is InChI=1S/C25H52N4O.C2H6.CH4/c1-3-4-16-26-17-10-11-18-27-20-12-21-29-25(30)23(2)13-8-9-19-28-22-24-14-6-5-7-15-24;1-2;/h23-24,26-28H,3-22H2,1-2H3,(H,29,30);1-2H3;1H4. The van der Waals surface area contributed by atoms with Gasteiger partial charge in [-0.15, -0.1) is 0 Å². The second kappa shape index (κ2) is 27.6. The zero-order valence-corrected chi connectivity index (χ0v) is 22.2. The van der Waals surface area contributed by atoms with Gasteiger partial charge < -0.3 is 21.3 Å². The molecular weight excluding hydrogens is 408 g/mol. The van der Waals surface area contributed by atoms with E-state index in [2.05, 4.69) is 35.1 Å². The quantitative estimate of drug-likeness (QED) is 0.167. The van der Waals surface area contributed by atoms with E-state index in [0.29, 0.717) is 0 Å². The largest absolute Gasteiger partial charge is 0.356 e. The van der Waals surface area contributed by atoms with Crippen molar-refractivity contribution < 1.29 is 4.79 Å². The van der Waals surface area contributed by atoms with Gasteiger partial charge in [-0.05, 0) is 96.6 Å². The van der Waals surface area contributed by atoms with E-state index in [-0.39, 0.29) is 19.3 Å². The van der Waals surface area contributed by atoms with E-state index in [0.717, 1.165) is 64.4 Å². The molecule has 1 atom stereocenters. The fourth-order valence-corrected chi connectivity index (χ4v) is 4.18. The van der Waals surface area contributed by atoms with Crippen molar-refractivity contribution in [3.8, 4) is 0 Å². The zero-order valence-electron chi connectivity index (χ0n) is 22.2. The first-order chi connectivity index (χ1) is 15.7. The molecule has 5 heteroatoms. The summed E-state index contributed by atoms with van der Waals surface area (Å²) in [5.74, 6) is 1.27. The van der Waals surface area contributed by atoms with Crippen molar-refractivity contribution in [3.05, 3.63) is 0 Å². The van der Waals surface area contributed by atoms with Crippen LogP contribution in [0.5, 0.6) is 0 Å². The number of hydrogen-bond donors (Lipinski definition) is 4. The van der Waals surface area contributed by atoms with Crippen molar-refractivity contribution in [1.29, 1.82) is 0 Å². The first-order valence-corrected chi connectivity index (χ1v) is 14.1. The molecule has 0 saturated heterocycles. The lowest BCUT2D eigenvalue weighted by Gasteiger charge is -2.21. The van der Waals surface area contributed by atoms with Gasteiger partial charge in [0.05, 0.1) is 0 Å². The molecule has 0 aromatic heterocycles. The monoisotopic (exact) mass is 470 g/mol. The van der Waals surface area contributed by atoms with Gasteiger partial charge in [0.15, 0.2) is 0 Å². The fraction of sp³-hybridized carbons (Fsp3) is 0.964. The molecule has 0 heterocycles. The lowest BCUT2D eigenvalue weighted by atomic mass is 9.89. The molecule has 1 saturated carbocycles. The summed E-state index contributed by atoms with van der Waals surface area (Å²) in [4.78, 5) is 12.2. The van der Waals surface area contributed by atoms with Crippen molar-refractivity contribution in [2.75, 3.05) is 45.8 Å². The van der Waals surface area contributed by atoms with Gasteiger partial charge in [0.2, 0.25) is 5.91 Å². The summed E-state index contributed by atoms with van der Waals surface area (Å²) >= 11 is 0. The first-order valence-electron chi connectivity index (χ1n) is 14.1. The molecule has 0 radical (unpaired) electrons. The zero-order chi connectivity index (χ0) is 23.7. The van der Waals surface area contributed by atoms with Crippen LogP contribution in [0.1, 0.15) is 119 Å². The molecule has 200 valence electrons. The van der Waals surface area contributed by atoms with E-state index in [9.17, 15) is 4.79 Å². The Morgan fingerprint density at radius 3 is 1.94 bits per heavy atom. The highest BCUT2D eigenvalue weighted by Crippen LogP contribution is 2.22. The van der Waals surface area contributed by atoms with Crippen LogP contribution in [-0.4, -0.2) is 51.7 Å². The van der Waals surface area contributed by atoms with Gasteiger partial charge in [0.25, 0.3) is 0 Å². The Morgan fingerprint density at radius 1 is 0.758 bits per heavy atom. The van der Waals surface area contributed by atoms with Gasteiger partial charge in [-0.2, -0.15) is 0 Å². The molecule has 1 rings (SSSR count). The second-order valence-corrected chi connectivity index (χ2v) is 9.31. The van der Waals surface area contributed by atoms with Crippen molar-refractivity contribution in [3.63, 3.8) is 0 Å². The van der Waals surface area contributed by atoms with Crippen LogP contribution >= 0.6 is 0 Å². The number of nitrogens with one attached hydrogen (secondary N) is 4. The molecule has 5 nitrogen and oxygen atoms in total. The topological polar surface area (TPSA) is 65.2 Å². The molecule has 1 amide bonds. The fourth-order valence-electron chi connectivity index (χ4n) is 4.18. The van der Waals surface area contributed by atoms with Crippen LogP contribution in [0.2, 0.25) is 0 Å².